The number of ether oxygens (including phenoxy) is 6. The third-order valence-corrected chi connectivity index (χ3v) is 9.61. The van der Waals surface area contributed by atoms with E-state index in [0.717, 1.165) is 53.3 Å². The van der Waals surface area contributed by atoms with Gasteiger partial charge in [0.2, 0.25) is 0 Å². The van der Waals surface area contributed by atoms with Crippen molar-refractivity contribution in [2.45, 2.75) is 96.6 Å². The SMILES string of the molecule is CC(=CCOc1ccc2c(c1)O[C@]1(C=C2)O[C@H](CCC(C)=CCOc2c3ccoc3cc3oc(=O)ccc23)C(C)(C)O1)CCC1OC1(C)C. The Morgan fingerprint density at radius 2 is 1.51 bits per heavy atom. The number of furan rings is 1. The smallest absolute Gasteiger partial charge is 0.350 e. The molecule has 0 amide bonds. The maximum Gasteiger partial charge on any atom is 0.350 e. The number of fused-ring (bicyclic) bond motifs is 3. The lowest BCUT2D eigenvalue weighted by Crippen LogP contribution is -2.38. The summed E-state index contributed by atoms with van der Waals surface area (Å²) in [6, 6.07) is 12.5. The van der Waals surface area contributed by atoms with Crippen LogP contribution in [-0.2, 0) is 14.2 Å². The molecule has 0 radical (unpaired) electrons. The molecule has 0 aliphatic carbocycles. The zero-order chi connectivity index (χ0) is 34.4. The molecule has 0 saturated carbocycles. The molecule has 1 unspecified atom stereocenters. The third kappa shape index (κ3) is 7.20. The molecule has 5 heterocycles. The van der Waals surface area contributed by atoms with Crippen LogP contribution in [0.1, 0.15) is 72.8 Å². The van der Waals surface area contributed by atoms with Crippen molar-refractivity contribution in [2.75, 3.05) is 13.2 Å². The van der Waals surface area contributed by atoms with Crippen LogP contribution in [0.15, 0.2) is 91.7 Å². The number of rotatable bonds is 12. The second-order valence-electron chi connectivity index (χ2n) is 14.3. The van der Waals surface area contributed by atoms with Gasteiger partial charge < -0.3 is 37.3 Å². The second-order valence-corrected chi connectivity index (χ2v) is 14.3. The van der Waals surface area contributed by atoms with E-state index in [0.29, 0.717) is 42.0 Å². The standard InChI is InChI=1S/C40H44O9/c1-25(7-12-34-38(3,4)47-34)16-20-42-28-10-9-27-15-19-40(46-31(27)23-28)48-35(39(5,6)49-40)13-8-26(2)17-21-44-37-29-11-14-36(41)45-33(29)24-32-30(37)18-22-43-32/h9-11,14-19,22-24,34-35H,7-8,12-13,20-21H2,1-6H3/t34?,35-,40-/m1/s1. The molecule has 9 nitrogen and oxygen atoms in total. The molecule has 49 heavy (non-hydrogen) atoms. The summed E-state index contributed by atoms with van der Waals surface area (Å²) in [5, 5.41) is 1.54. The first-order chi connectivity index (χ1) is 23.4. The molecule has 4 aromatic rings. The molecule has 7 rings (SSSR count). The first kappa shape index (κ1) is 33.2. The van der Waals surface area contributed by atoms with Gasteiger partial charge in [-0.15, -0.1) is 0 Å². The molecule has 2 aromatic carbocycles. The Morgan fingerprint density at radius 3 is 2.24 bits per heavy atom. The highest BCUT2D eigenvalue weighted by atomic mass is 16.9. The van der Waals surface area contributed by atoms with Gasteiger partial charge in [0, 0.05) is 29.8 Å². The molecule has 3 aliphatic heterocycles. The molecule has 9 heteroatoms. The van der Waals surface area contributed by atoms with Gasteiger partial charge in [0.1, 0.15) is 41.6 Å². The number of allylic oxidation sites excluding steroid dienone is 2. The zero-order valence-electron chi connectivity index (χ0n) is 29.0. The first-order valence-corrected chi connectivity index (χ1v) is 17.0. The minimum Gasteiger partial charge on any atom is -0.489 e. The second kappa shape index (κ2) is 12.9. The molecule has 0 bridgehead atoms. The third-order valence-electron chi connectivity index (χ3n) is 9.61. The van der Waals surface area contributed by atoms with Gasteiger partial charge in [0.05, 0.1) is 40.4 Å². The molecule has 3 aliphatic rings. The average molecular weight is 669 g/mol. The van der Waals surface area contributed by atoms with Crippen LogP contribution in [0.5, 0.6) is 17.2 Å². The van der Waals surface area contributed by atoms with E-state index >= 15 is 0 Å². The van der Waals surface area contributed by atoms with Crippen molar-refractivity contribution in [1.82, 2.24) is 0 Å². The molecule has 0 N–H and O–H groups in total. The van der Waals surface area contributed by atoms with Crippen molar-refractivity contribution in [1.29, 1.82) is 0 Å². The van der Waals surface area contributed by atoms with Crippen LogP contribution < -0.4 is 19.8 Å². The van der Waals surface area contributed by atoms with Crippen LogP contribution in [0, 0.1) is 0 Å². The van der Waals surface area contributed by atoms with Crippen molar-refractivity contribution in [3.63, 3.8) is 0 Å². The molecule has 1 spiro atoms. The Hall–Kier alpha value is -4.31. The van der Waals surface area contributed by atoms with Gasteiger partial charge in [-0.25, -0.2) is 4.79 Å². The van der Waals surface area contributed by atoms with Crippen LogP contribution in [0.2, 0.25) is 0 Å². The minimum absolute atomic E-state index is 0.0251. The normalized spacial score (nSPS) is 24.0. The number of benzene rings is 2. The van der Waals surface area contributed by atoms with Crippen LogP contribution in [0.3, 0.4) is 0 Å². The largest absolute Gasteiger partial charge is 0.489 e. The van der Waals surface area contributed by atoms with E-state index in [1.165, 1.54) is 11.6 Å². The Balaban J connectivity index is 0.939. The van der Waals surface area contributed by atoms with E-state index < -0.39 is 17.2 Å². The highest BCUT2D eigenvalue weighted by Gasteiger charge is 2.54. The predicted molar refractivity (Wildman–Crippen MR) is 187 cm³/mol. The van der Waals surface area contributed by atoms with Crippen LogP contribution in [-0.4, -0.2) is 42.6 Å². The van der Waals surface area contributed by atoms with E-state index in [2.05, 4.69) is 39.8 Å². The van der Waals surface area contributed by atoms with Crippen LogP contribution in [0.25, 0.3) is 28.0 Å². The van der Waals surface area contributed by atoms with Crippen LogP contribution >= 0.6 is 0 Å². The maximum absolute atomic E-state index is 11.8. The van der Waals surface area contributed by atoms with Gasteiger partial charge in [-0.3, -0.25) is 0 Å². The van der Waals surface area contributed by atoms with E-state index in [-0.39, 0.29) is 11.7 Å². The van der Waals surface area contributed by atoms with Gasteiger partial charge in [0.15, 0.2) is 0 Å². The number of hydrogen-bond acceptors (Lipinski definition) is 9. The highest BCUT2D eigenvalue weighted by molar-refractivity contribution is 6.01. The molecule has 2 saturated heterocycles. The van der Waals surface area contributed by atoms with Crippen molar-refractivity contribution in [3.05, 3.63) is 94.1 Å². The van der Waals surface area contributed by atoms with Gasteiger partial charge in [-0.1, -0.05) is 11.1 Å². The quantitative estimate of drug-likeness (QED) is 0.0832. The van der Waals surface area contributed by atoms with Gasteiger partial charge >= 0.3 is 11.6 Å². The Bertz CT molecular complexity index is 2010. The summed E-state index contributed by atoms with van der Waals surface area (Å²) in [7, 11) is 0. The summed E-state index contributed by atoms with van der Waals surface area (Å²) < 4.78 is 48.2. The molecule has 3 atom stereocenters. The summed E-state index contributed by atoms with van der Waals surface area (Å²) in [4.78, 5) is 11.8. The average Bonchev–Trinajstić information content (AvgIpc) is 3.31. The fourth-order valence-corrected chi connectivity index (χ4v) is 6.50. The highest BCUT2D eigenvalue weighted by Crippen LogP contribution is 2.45. The fourth-order valence-electron chi connectivity index (χ4n) is 6.50. The van der Waals surface area contributed by atoms with Gasteiger partial charge in [-0.2, -0.15) is 0 Å². The molecule has 2 fully saturated rings. The maximum atomic E-state index is 11.8. The van der Waals surface area contributed by atoms with Crippen LogP contribution in [0.4, 0.5) is 0 Å². The molecule has 258 valence electrons. The summed E-state index contributed by atoms with van der Waals surface area (Å²) in [6.07, 6.45) is 13.3. The van der Waals surface area contributed by atoms with E-state index in [1.54, 1.807) is 18.4 Å². The first-order valence-electron chi connectivity index (χ1n) is 17.0. The van der Waals surface area contributed by atoms with Crippen molar-refractivity contribution < 1.29 is 37.3 Å². The molecule has 2 aromatic heterocycles. The minimum atomic E-state index is -1.31. The monoisotopic (exact) mass is 668 g/mol. The van der Waals surface area contributed by atoms with Crippen molar-refractivity contribution in [3.8, 4) is 17.2 Å². The fraction of sp³-hybridized carbons (Fsp3) is 0.425. The lowest BCUT2D eigenvalue weighted by Gasteiger charge is -2.30. The topological polar surface area (TPSA) is 102 Å². The summed E-state index contributed by atoms with van der Waals surface area (Å²) in [5.41, 5.74) is 3.41. The summed E-state index contributed by atoms with van der Waals surface area (Å²) in [6.45, 7) is 13.4. The zero-order valence-corrected chi connectivity index (χ0v) is 29.0. The lowest BCUT2D eigenvalue weighted by atomic mass is 9.96. The van der Waals surface area contributed by atoms with E-state index in [4.69, 9.17) is 37.3 Å². The van der Waals surface area contributed by atoms with Crippen molar-refractivity contribution >= 4 is 28.0 Å². The van der Waals surface area contributed by atoms with Gasteiger partial charge in [-0.05, 0) is 110 Å². The predicted octanol–water partition coefficient (Wildman–Crippen LogP) is 8.88. The van der Waals surface area contributed by atoms with Gasteiger partial charge in [0.25, 0.3) is 0 Å². The molecular weight excluding hydrogens is 624 g/mol. The lowest BCUT2D eigenvalue weighted by molar-refractivity contribution is -0.270. The Kier molecular flexibility index (Phi) is 8.71. The Morgan fingerprint density at radius 1 is 0.816 bits per heavy atom. The number of epoxide rings is 1. The van der Waals surface area contributed by atoms with E-state index in [1.807, 2.05) is 50.3 Å². The number of hydrogen-bond donors (Lipinski definition) is 0. The Labute approximate surface area is 286 Å². The summed E-state index contributed by atoms with van der Waals surface area (Å²) >= 11 is 0. The summed E-state index contributed by atoms with van der Waals surface area (Å²) in [5.74, 6) is 0.681. The van der Waals surface area contributed by atoms with E-state index in [9.17, 15) is 4.79 Å². The van der Waals surface area contributed by atoms with Crippen molar-refractivity contribution in [2.24, 2.45) is 0 Å². The molecular formula is C40H44O9.